The van der Waals surface area contributed by atoms with Crippen LogP contribution in [0.1, 0.15) is 49.6 Å². The molecule has 0 aliphatic heterocycles. The molecule has 3 nitrogen and oxygen atoms in total. The average Bonchev–Trinajstić information content (AvgIpc) is 2.48. The highest BCUT2D eigenvalue weighted by molar-refractivity contribution is 5.24. The van der Waals surface area contributed by atoms with E-state index in [0.29, 0.717) is 0 Å². The van der Waals surface area contributed by atoms with E-state index in [4.69, 9.17) is 0 Å². The van der Waals surface area contributed by atoms with Crippen molar-refractivity contribution in [2.24, 2.45) is 7.05 Å². The fourth-order valence-corrected chi connectivity index (χ4v) is 2.07. The first-order valence-corrected chi connectivity index (χ1v) is 6.23. The fourth-order valence-electron chi connectivity index (χ4n) is 2.07. The first-order chi connectivity index (χ1) is 7.56. The Kier molecular flexibility index (Phi) is 5.00. The molecular weight excluding hydrogens is 200 g/mol. The molecule has 16 heavy (non-hydrogen) atoms. The van der Waals surface area contributed by atoms with E-state index in [2.05, 4.69) is 18.9 Å². The van der Waals surface area contributed by atoms with E-state index >= 15 is 0 Å². The second-order valence-electron chi connectivity index (χ2n) is 4.61. The minimum Gasteiger partial charge on any atom is -0.393 e. The molecule has 0 saturated heterocycles. The molecule has 0 bridgehead atoms. The number of aromatic nitrogens is 2. The molecule has 1 rings (SSSR count). The molecule has 0 aromatic carbocycles. The van der Waals surface area contributed by atoms with Gasteiger partial charge in [0.05, 0.1) is 11.8 Å². The lowest BCUT2D eigenvalue weighted by atomic mass is 10.0. The van der Waals surface area contributed by atoms with Crippen molar-refractivity contribution in [3.63, 3.8) is 0 Å². The van der Waals surface area contributed by atoms with Crippen LogP contribution in [0.15, 0.2) is 0 Å². The van der Waals surface area contributed by atoms with Gasteiger partial charge in [0.15, 0.2) is 0 Å². The largest absolute Gasteiger partial charge is 0.393 e. The highest BCUT2D eigenvalue weighted by Crippen LogP contribution is 2.16. The third-order valence-corrected chi connectivity index (χ3v) is 3.28. The second-order valence-corrected chi connectivity index (χ2v) is 4.61. The third-order valence-electron chi connectivity index (χ3n) is 3.28. The van der Waals surface area contributed by atoms with Crippen molar-refractivity contribution in [3.8, 4) is 0 Å². The van der Waals surface area contributed by atoms with Gasteiger partial charge in [-0.1, -0.05) is 19.8 Å². The molecule has 3 heteroatoms. The maximum atomic E-state index is 9.80. The van der Waals surface area contributed by atoms with E-state index in [9.17, 15) is 5.11 Å². The van der Waals surface area contributed by atoms with Gasteiger partial charge in [0, 0.05) is 12.7 Å². The lowest BCUT2D eigenvalue weighted by Crippen LogP contribution is -2.08. The Balaban J connectivity index is 2.48. The fraction of sp³-hybridized carbons (Fsp3) is 0.769. The summed E-state index contributed by atoms with van der Waals surface area (Å²) in [5, 5.41) is 14.2. The topological polar surface area (TPSA) is 38.1 Å². The minimum atomic E-state index is -0.154. The first-order valence-electron chi connectivity index (χ1n) is 6.23. The molecule has 0 aliphatic rings. The maximum Gasteiger partial charge on any atom is 0.0628 e. The van der Waals surface area contributed by atoms with Crippen LogP contribution in [0.5, 0.6) is 0 Å². The third kappa shape index (κ3) is 3.34. The first kappa shape index (κ1) is 13.2. The summed E-state index contributed by atoms with van der Waals surface area (Å²) in [6.07, 6.45) is 4.84. The van der Waals surface area contributed by atoms with Crippen LogP contribution >= 0.6 is 0 Å². The molecule has 1 aromatic heterocycles. The van der Waals surface area contributed by atoms with Gasteiger partial charge >= 0.3 is 0 Å². The monoisotopic (exact) mass is 224 g/mol. The SMILES string of the molecule is CCCCC(O)CCc1c(C)nn(C)c1C. The summed E-state index contributed by atoms with van der Waals surface area (Å²) in [7, 11) is 1.97. The van der Waals surface area contributed by atoms with Crippen molar-refractivity contribution in [2.45, 2.75) is 59.0 Å². The lowest BCUT2D eigenvalue weighted by molar-refractivity contribution is 0.152. The Bertz CT molecular complexity index is 331. The van der Waals surface area contributed by atoms with E-state index in [-0.39, 0.29) is 6.10 Å². The Morgan fingerprint density at radius 2 is 2.00 bits per heavy atom. The van der Waals surface area contributed by atoms with Crippen molar-refractivity contribution < 1.29 is 5.11 Å². The highest BCUT2D eigenvalue weighted by Gasteiger charge is 2.11. The summed E-state index contributed by atoms with van der Waals surface area (Å²) in [6.45, 7) is 6.29. The molecule has 1 aromatic rings. The molecule has 92 valence electrons. The lowest BCUT2D eigenvalue weighted by Gasteiger charge is -2.09. The molecule has 1 atom stereocenters. The molecule has 0 radical (unpaired) electrons. The normalized spacial score (nSPS) is 13.1. The minimum absolute atomic E-state index is 0.154. The molecule has 0 aliphatic carbocycles. The van der Waals surface area contributed by atoms with Crippen LogP contribution in [0.4, 0.5) is 0 Å². The molecule has 0 spiro atoms. The zero-order chi connectivity index (χ0) is 12.1. The van der Waals surface area contributed by atoms with E-state index < -0.39 is 0 Å². The molecule has 0 amide bonds. The zero-order valence-electron chi connectivity index (χ0n) is 11.0. The summed E-state index contributed by atoms with van der Waals surface area (Å²) >= 11 is 0. The number of aryl methyl sites for hydroxylation is 2. The standard InChI is InChI=1S/C13H24N2O/c1-5-6-7-12(16)8-9-13-10(2)14-15(4)11(13)3/h12,16H,5-9H2,1-4H3. The predicted octanol–water partition coefficient (Wildman–Crippen LogP) is 2.52. The summed E-state index contributed by atoms with van der Waals surface area (Å²) in [5.74, 6) is 0. The van der Waals surface area contributed by atoms with Crippen molar-refractivity contribution in [1.82, 2.24) is 9.78 Å². The summed E-state index contributed by atoms with van der Waals surface area (Å²) in [6, 6.07) is 0. The summed E-state index contributed by atoms with van der Waals surface area (Å²) in [4.78, 5) is 0. The molecule has 0 saturated carbocycles. The number of unbranched alkanes of at least 4 members (excludes halogenated alkanes) is 1. The number of rotatable bonds is 6. The van der Waals surface area contributed by atoms with E-state index in [1.165, 1.54) is 11.3 Å². The number of hydrogen-bond donors (Lipinski definition) is 1. The van der Waals surface area contributed by atoms with E-state index in [0.717, 1.165) is 37.8 Å². The van der Waals surface area contributed by atoms with Crippen LogP contribution in [0.25, 0.3) is 0 Å². The zero-order valence-corrected chi connectivity index (χ0v) is 11.0. The quantitative estimate of drug-likeness (QED) is 0.806. The Hall–Kier alpha value is -0.830. The van der Waals surface area contributed by atoms with Gasteiger partial charge in [-0.2, -0.15) is 5.10 Å². The Labute approximate surface area is 98.5 Å². The number of aliphatic hydroxyl groups is 1. The van der Waals surface area contributed by atoms with Crippen LogP contribution in [0, 0.1) is 13.8 Å². The van der Waals surface area contributed by atoms with Crippen molar-refractivity contribution in [2.75, 3.05) is 0 Å². The van der Waals surface area contributed by atoms with E-state index in [1.54, 1.807) is 0 Å². The Morgan fingerprint density at radius 1 is 1.31 bits per heavy atom. The predicted molar refractivity (Wildman–Crippen MR) is 66.5 cm³/mol. The van der Waals surface area contributed by atoms with Crippen LogP contribution in [-0.4, -0.2) is 21.0 Å². The second kappa shape index (κ2) is 6.04. The number of aliphatic hydroxyl groups excluding tert-OH is 1. The van der Waals surface area contributed by atoms with Crippen LogP contribution < -0.4 is 0 Å². The number of hydrogen-bond acceptors (Lipinski definition) is 2. The van der Waals surface area contributed by atoms with E-state index in [1.807, 2.05) is 18.7 Å². The average molecular weight is 224 g/mol. The molecule has 1 unspecified atom stereocenters. The van der Waals surface area contributed by atoms with Gasteiger partial charge in [-0.25, -0.2) is 0 Å². The van der Waals surface area contributed by atoms with Gasteiger partial charge in [-0.15, -0.1) is 0 Å². The van der Waals surface area contributed by atoms with Gasteiger partial charge in [-0.05, 0) is 38.7 Å². The van der Waals surface area contributed by atoms with Gasteiger partial charge in [-0.3, -0.25) is 4.68 Å². The van der Waals surface area contributed by atoms with Crippen LogP contribution in [-0.2, 0) is 13.5 Å². The molecular formula is C13H24N2O. The van der Waals surface area contributed by atoms with Crippen molar-refractivity contribution in [1.29, 1.82) is 0 Å². The van der Waals surface area contributed by atoms with Crippen LogP contribution in [0.2, 0.25) is 0 Å². The maximum absolute atomic E-state index is 9.80. The van der Waals surface area contributed by atoms with Gasteiger partial charge in [0.25, 0.3) is 0 Å². The van der Waals surface area contributed by atoms with Gasteiger partial charge < -0.3 is 5.11 Å². The van der Waals surface area contributed by atoms with Gasteiger partial charge in [0.1, 0.15) is 0 Å². The van der Waals surface area contributed by atoms with Crippen LogP contribution in [0.3, 0.4) is 0 Å². The Morgan fingerprint density at radius 3 is 2.50 bits per heavy atom. The number of nitrogens with zero attached hydrogens (tertiary/aromatic N) is 2. The molecule has 1 heterocycles. The van der Waals surface area contributed by atoms with Gasteiger partial charge in [0.2, 0.25) is 0 Å². The molecule has 0 fully saturated rings. The molecule has 1 N–H and O–H groups in total. The summed E-state index contributed by atoms with van der Waals surface area (Å²) < 4.78 is 1.92. The smallest absolute Gasteiger partial charge is 0.0628 e. The van der Waals surface area contributed by atoms with Crippen molar-refractivity contribution in [3.05, 3.63) is 17.0 Å². The highest BCUT2D eigenvalue weighted by atomic mass is 16.3. The van der Waals surface area contributed by atoms with Crippen molar-refractivity contribution >= 4 is 0 Å². The summed E-state index contributed by atoms with van der Waals surface area (Å²) in [5.41, 5.74) is 3.63.